The third-order valence-electron chi connectivity index (χ3n) is 6.15. The maximum Gasteiger partial charge on any atom is 0.321 e. The van der Waals surface area contributed by atoms with Crippen LogP contribution >= 0.6 is 0 Å². The summed E-state index contributed by atoms with van der Waals surface area (Å²) in [6, 6.07) is 8.03. The fourth-order valence-corrected chi connectivity index (χ4v) is 5.10. The number of amides is 2. The van der Waals surface area contributed by atoms with Gasteiger partial charge in [-0.3, -0.25) is 0 Å². The van der Waals surface area contributed by atoms with Crippen molar-refractivity contribution in [2.75, 3.05) is 18.4 Å². The third kappa shape index (κ3) is 5.72. The molecule has 2 N–H and O–H groups in total. The Hall–Kier alpha value is -1.60. The second-order valence-electron chi connectivity index (χ2n) is 9.38. The number of hydrogen-bond donors (Lipinski definition) is 2. The monoisotopic (exact) mass is 421 g/mol. The molecule has 1 aliphatic heterocycles. The molecule has 7 heteroatoms. The van der Waals surface area contributed by atoms with Crippen molar-refractivity contribution >= 4 is 21.7 Å². The van der Waals surface area contributed by atoms with Crippen molar-refractivity contribution in [2.45, 2.75) is 82.4 Å². The Balaban J connectivity index is 1.48. The van der Waals surface area contributed by atoms with E-state index in [4.69, 9.17) is 0 Å². The van der Waals surface area contributed by atoms with Crippen LogP contribution in [0.3, 0.4) is 0 Å². The van der Waals surface area contributed by atoms with Gasteiger partial charge in [0.15, 0.2) is 0 Å². The average molecular weight is 422 g/mol. The summed E-state index contributed by atoms with van der Waals surface area (Å²) >= 11 is 0. The summed E-state index contributed by atoms with van der Waals surface area (Å²) in [6.07, 6.45) is 7.75. The van der Waals surface area contributed by atoms with Crippen molar-refractivity contribution in [3.63, 3.8) is 0 Å². The van der Waals surface area contributed by atoms with Crippen LogP contribution in [0.5, 0.6) is 0 Å². The van der Waals surface area contributed by atoms with E-state index in [0.717, 1.165) is 5.69 Å². The molecule has 1 heterocycles. The molecule has 2 fully saturated rings. The van der Waals surface area contributed by atoms with Gasteiger partial charge in [0.2, 0.25) is 10.0 Å². The lowest BCUT2D eigenvalue weighted by atomic mass is 9.84. The van der Waals surface area contributed by atoms with E-state index in [9.17, 15) is 13.2 Å². The van der Waals surface area contributed by atoms with E-state index in [1.165, 1.54) is 37.7 Å². The molecular weight excluding hydrogens is 386 g/mol. The highest BCUT2D eigenvalue weighted by atomic mass is 32.2. The first-order valence-electron chi connectivity index (χ1n) is 10.8. The number of hydrogen-bond acceptors (Lipinski definition) is 3. The van der Waals surface area contributed by atoms with Crippen molar-refractivity contribution in [3.05, 3.63) is 29.8 Å². The maximum absolute atomic E-state index is 12.6. The molecule has 29 heavy (non-hydrogen) atoms. The smallest absolute Gasteiger partial charge is 0.321 e. The Morgan fingerprint density at radius 1 is 0.966 bits per heavy atom. The van der Waals surface area contributed by atoms with E-state index >= 15 is 0 Å². The molecule has 3 rings (SSSR count). The van der Waals surface area contributed by atoms with Gasteiger partial charge in [-0.15, -0.1) is 0 Å². The number of carbonyl (C=O) groups excluding carboxylic acids is 1. The number of anilines is 1. The average Bonchev–Trinajstić information content (AvgIpc) is 2.68. The normalized spacial score (nSPS) is 19.9. The number of nitrogens with zero attached hydrogens (tertiary/aromatic N) is 1. The van der Waals surface area contributed by atoms with Crippen LogP contribution in [0.4, 0.5) is 10.5 Å². The molecular formula is C22H35N3O3S. The molecule has 2 amide bonds. The summed E-state index contributed by atoms with van der Waals surface area (Å²) in [5.74, 6) is 0.657. The number of rotatable bonds is 4. The predicted octanol–water partition coefficient (Wildman–Crippen LogP) is 4.45. The largest absolute Gasteiger partial charge is 0.324 e. The fourth-order valence-electron chi connectivity index (χ4n) is 4.07. The lowest BCUT2D eigenvalue weighted by Crippen LogP contribution is -2.50. The van der Waals surface area contributed by atoms with Crippen LogP contribution < -0.4 is 10.0 Å². The Kier molecular flexibility index (Phi) is 6.89. The molecule has 0 bridgehead atoms. The van der Waals surface area contributed by atoms with Gasteiger partial charge in [-0.25, -0.2) is 17.9 Å². The van der Waals surface area contributed by atoms with Crippen molar-refractivity contribution in [1.82, 2.24) is 9.62 Å². The quantitative estimate of drug-likeness (QED) is 0.754. The van der Waals surface area contributed by atoms with Gasteiger partial charge < -0.3 is 10.2 Å². The summed E-state index contributed by atoms with van der Waals surface area (Å²) in [4.78, 5) is 14.3. The molecule has 0 radical (unpaired) electrons. The molecule has 0 atom stereocenters. The molecule has 162 valence electrons. The van der Waals surface area contributed by atoms with Crippen molar-refractivity contribution in [2.24, 2.45) is 0 Å². The third-order valence-corrected chi connectivity index (χ3v) is 8.40. The Labute approximate surface area is 175 Å². The number of carbonyl (C=O) groups is 1. The lowest BCUT2D eigenvalue weighted by Gasteiger charge is -2.33. The molecule has 1 saturated carbocycles. The first-order valence-corrected chi connectivity index (χ1v) is 12.3. The zero-order valence-electron chi connectivity index (χ0n) is 17.9. The first kappa shape index (κ1) is 22.1. The van der Waals surface area contributed by atoms with Crippen molar-refractivity contribution in [3.8, 4) is 0 Å². The minimum Gasteiger partial charge on any atom is -0.324 e. The molecule has 2 aliphatic rings. The number of urea groups is 1. The van der Waals surface area contributed by atoms with E-state index in [2.05, 4.69) is 22.2 Å². The van der Waals surface area contributed by atoms with Crippen LogP contribution in [0.15, 0.2) is 24.3 Å². The lowest BCUT2D eigenvalue weighted by molar-refractivity contribution is 0.193. The molecule has 1 aliphatic carbocycles. The van der Waals surface area contributed by atoms with Gasteiger partial charge in [-0.05, 0) is 70.1 Å². The van der Waals surface area contributed by atoms with Crippen LogP contribution in [0, 0.1) is 0 Å². The number of likely N-dealkylation sites (tertiary alicyclic amines) is 1. The SMILES string of the molecule is CC(C)(C)S(=O)(=O)NC1CCN(C(=O)Nc2ccc(C3CCCCC3)cc2)CC1. The van der Waals surface area contributed by atoms with Crippen LogP contribution in [0.2, 0.25) is 0 Å². The van der Waals surface area contributed by atoms with Gasteiger partial charge in [0.05, 0.1) is 4.75 Å². The Bertz CT molecular complexity index is 786. The van der Waals surface area contributed by atoms with E-state index in [-0.39, 0.29) is 12.1 Å². The second kappa shape index (κ2) is 9.04. The van der Waals surface area contributed by atoms with Crippen LogP contribution in [0.25, 0.3) is 0 Å². The fraction of sp³-hybridized carbons (Fsp3) is 0.682. The summed E-state index contributed by atoms with van der Waals surface area (Å²) in [7, 11) is -3.37. The molecule has 0 aromatic heterocycles. The van der Waals surface area contributed by atoms with Gasteiger partial charge in [0.25, 0.3) is 0 Å². The number of piperidine rings is 1. The van der Waals surface area contributed by atoms with E-state index in [0.29, 0.717) is 31.8 Å². The highest BCUT2D eigenvalue weighted by Gasteiger charge is 2.33. The summed E-state index contributed by atoms with van der Waals surface area (Å²) < 4.78 is 26.6. The minimum atomic E-state index is -3.37. The summed E-state index contributed by atoms with van der Waals surface area (Å²) in [6.45, 7) is 6.17. The van der Waals surface area contributed by atoms with E-state index in [1.807, 2.05) is 12.1 Å². The van der Waals surface area contributed by atoms with Crippen LogP contribution in [-0.4, -0.2) is 43.2 Å². The summed E-state index contributed by atoms with van der Waals surface area (Å²) in [5, 5.41) is 2.98. The van der Waals surface area contributed by atoms with Gasteiger partial charge in [-0.2, -0.15) is 0 Å². The topological polar surface area (TPSA) is 78.5 Å². The molecule has 1 aromatic carbocycles. The number of nitrogens with one attached hydrogen (secondary N) is 2. The van der Waals surface area contributed by atoms with Gasteiger partial charge in [0, 0.05) is 24.8 Å². The van der Waals surface area contributed by atoms with E-state index in [1.54, 1.807) is 25.7 Å². The highest BCUT2D eigenvalue weighted by molar-refractivity contribution is 7.90. The number of benzene rings is 1. The van der Waals surface area contributed by atoms with Crippen molar-refractivity contribution < 1.29 is 13.2 Å². The molecule has 1 saturated heterocycles. The number of sulfonamides is 1. The van der Waals surface area contributed by atoms with Crippen LogP contribution in [-0.2, 0) is 10.0 Å². The molecule has 0 spiro atoms. The summed E-state index contributed by atoms with van der Waals surface area (Å²) in [5.41, 5.74) is 2.18. The van der Waals surface area contributed by atoms with Gasteiger partial charge >= 0.3 is 6.03 Å². The zero-order chi connectivity index (χ0) is 21.1. The molecule has 6 nitrogen and oxygen atoms in total. The Morgan fingerprint density at radius 2 is 1.55 bits per heavy atom. The molecule has 1 aromatic rings. The minimum absolute atomic E-state index is 0.113. The highest BCUT2D eigenvalue weighted by Crippen LogP contribution is 2.33. The zero-order valence-corrected chi connectivity index (χ0v) is 18.7. The second-order valence-corrected chi connectivity index (χ2v) is 11.8. The molecule has 0 unspecified atom stereocenters. The van der Waals surface area contributed by atoms with Gasteiger partial charge in [-0.1, -0.05) is 31.4 Å². The van der Waals surface area contributed by atoms with Crippen LogP contribution in [0.1, 0.15) is 77.2 Å². The first-order chi connectivity index (χ1) is 13.7. The standard InChI is InChI=1S/C22H35N3O3S/c1-22(2,3)29(27,28)24-20-13-15-25(16-14-20)21(26)23-19-11-9-18(10-12-19)17-7-5-4-6-8-17/h9-12,17,20,24H,4-8,13-16H2,1-3H3,(H,23,26). The maximum atomic E-state index is 12.6. The predicted molar refractivity (Wildman–Crippen MR) is 118 cm³/mol. The van der Waals surface area contributed by atoms with Gasteiger partial charge in [0.1, 0.15) is 0 Å². The van der Waals surface area contributed by atoms with Crippen molar-refractivity contribution in [1.29, 1.82) is 0 Å². The van der Waals surface area contributed by atoms with E-state index < -0.39 is 14.8 Å². The Morgan fingerprint density at radius 3 is 2.10 bits per heavy atom.